The highest BCUT2D eigenvalue weighted by atomic mass is 16.5. The van der Waals surface area contributed by atoms with Crippen molar-refractivity contribution in [3.05, 3.63) is 41.5 Å². The number of hydrogen-bond acceptors (Lipinski definition) is 4. The number of pyridine rings is 1. The van der Waals surface area contributed by atoms with E-state index in [2.05, 4.69) is 23.9 Å². The summed E-state index contributed by atoms with van der Waals surface area (Å²) in [4.78, 5) is 4.53. The van der Waals surface area contributed by atoms with E-state index in [1.807, 2.05) is 42.9 Å². The monoisotopic (exact) mass is 288 g/mol. The molecule has 0 aliphatic heterocycles. The van der Waals surface area contributed by atoms with Crippen LogP contribution in [-0.4, -0.2) is 20.8 Å². The molecule has 2 heterocycles. The van der Waals surface area contributed by atoms with E-state index < -0.39 is 0 Å². The molecule has 21 heavy (non-hydrogen) atoms. The van der Waals surface area contributed by atoms with Gasteiger partial charge in [0.25, 0.3) is 0 Å². The molecular weight excluding hydrogens is 264 g/mol. The average Bonchev–Trinajstić information content (AvgIpc) is 2.86. The van der Waals surface area contributed by atoms with Gasteiger partial charge in [0.1, 0.15) is 12.4 Å². The minimum absolute atomic E-state index is 0.0572. The molecule has 114 valence electrons. The first-order valence-corrected chi connectivity index (χ1v) is 7.34. The lowest BCUT2D eigenvalue weighted by atomic mass is 10.1. The normalized spacial score (nSPS) is 12.7. The van der Waals surface area contributed by atoms with Crippen LogP contribution in [-0.2, 0) is 13.0 Å². The highest BCUT2D eigenvalue weighted by molar-refractivity contribution is 5.30. The lowest BCUT2D eigenvalue weighted by Gasteiger charge is -2.12. The van der Waals surface area contributed by atoms with Crippen LogP contribution < -0.4 is 10.5 Å². The van der Waals surface area contributed by atoms with E-state index in [1.165, 1.54) is 0 Å². The van der Waals surface area contributed by atoms with Crippen LogP contribution in [0.15, 0.2) is 24.4 Å². The number of ether oxygens (including phenoxy) is 1. The second-order valence-corrected chi connectivity index (χ2v) is 5.75. The summed E-state index contributed by atoms with van der Waals surface area (Å²) in [6.07, 6.45) is 2.68. The van der Waals surface area contributed by atoms with E-state index in [9.17, 15) is 0 Å². The van der Waals surface area contributed by atoms with E-state index in [4.69, 9.17) is 10.5 Å². The molecular formula is C16H24N4O. The zero-order valence-electron chi connectivity index (χ0n) is 13.2. The summed E-state index contributed by atoms with van der Waals surface area (Å²) < 4.78 is 7.80. The van der Waals surface area contributed by atoms with Gasteiger partial charge >= 0.3 is 0 Å². The zero-order chi connectivity index (χ0) is 15.4. The van der Waals surface area contributed by atoms with Crippen molar-refractivity contribution >= 4 is 0 Å². The molecule has 0 spiro atoms. The number of nitrogens with zero attached hydrogens (tertiary/aromatic N) is 3. The van der Waals surface area contributed by atoms with Crippen molar-refractivity contribution in [1.82, 2.24) is 14.8 Å². The summed E-state index contributed by atoms with van der Waals surface area (Å²) in [5, 5.41) is 4.48. The van der Waals surface area contributed by atoms with Gasteiger partial charge in [0, 0.05) is 30.4 Å². The highest BCUT2D eigenvalue weighted by Gasteiger charge is 2.10. The zero-order valence-corrected chi connectivity index (χ0v) is 13.2. The van der Waals surface area contributed by atoms with Crippen molar-refractivity contribution in [2.75, 3.05) is 0 Å². The van der Waals surface area contributed by atoms with Gasteiger partial charge in [-0.2, -0.15) is 5.10 Å². The molecule has 2 rings (SSSR count). The third-order valence-electron chi connectivity index (χ3n) is 3.16. The van der Waals surface area contributed by atoms with Crippen molar-refractivity contribution in [3.63, 3.8) is 0 Å². The Morgan fingerprint density at radius 1 is 1.24 bits per heavy atom. The lowest BCUT2D eigenvalue weighted by Crippen LogP contribution is -2.19. The Morgan fingerprint density at radius 3 is 2.62 bits per heavy atom. The van der Waals surface area contributed by atoms with Gasteiger partial charge in [-0.25, -0.2) is 0 Å². The minimum atomic E-state index is 0.0572. The molecule has 2 N–H and O–H groups in total. The van der Waals surface area contributed by atoms with Crippen LogP contribution >= 0.6 is 0 Å². The molecule has 1 unspecified atom stereocenters. The minimum Gasteiger partial charge on any atom is -0.485 e. The third-order valence-corrected chi connectivity index (χ3v) is 3.16. The molecule has 0 aliphatic carbocycles. The molecule has 0 saturated carbocycles. The van der Waals surface area contributed by atoms with Crippen molar-refractivity contribution in [2.24, 2.45) is 5.73 Å². The van der Waals surface area contributed by atoms with Crippen molar-refractivity contribution < 1.29 is 4.74 Å². The first kappa shape index (κ1) is 15.5. The highest BCUT2D eigenvalue weighted by Crippen LogP contribution is 2.19. The van der Waals surface area contributed by atoms with Gasteiger partial charge in [-0.15, -0.1) is 0 Å². The third kappa shape index (κ3) is 4.29. The average molecular weight is 288 g/mol. The van der Waals surface area contributed by atoms with Gasteiger partial charge in [-0.05, 0) is 45.9 Å². The van der Waals surface area contributed by atoms with E-state index in [0.717, 1.165) is 22.8 Å². The molecule has 0 amide bonds. The molecule has 0 bridgehead atoms. The molecule has 0 aliphatic rings. The fourth-order valence-corrected chi connectivity index (χ4v) is 2.07. The first-order valence-electron chi connectivity index (χ1n) is 7.34. The Kier molecular flexibility index (Phi) is 4.96. The van der Waals surface area contributed by atoms with E-state index in [0.29, 0.717) is 19.1 Å². The van der Waals surface area contributed by atoms with E-state index in [-0.39, 0.29) is 6.04 Å². The second-order valence-electron chi connectivity index (χ2n) is 5.75. The number of aromatic nitrogens is 3. The van der Waals surface area contributed by atoms with E-state index in [1.54, 1.807) is 0 Å². The van der Waals surface area contributed by atoms with Gasteiger partial charge in [-0.1, -0.05) is 0 Å². The van der Waals surface area contributed by atoms with E-state index >= 15 is 0 Å². The summed E-state index contributed by atoms with van der Waals surface area (Å²) >= 11 is 0. The molecule has 1 atom stereocenters. The number of rotatable bonds is 6. The molecule has 0 saturated heterocycles. The molecule has 2 aromatic heterocycles. The van der Waals surface area contributed by atoms with Gasteiger partial charge in [0.05, 0.1) is 11.4 Å². The van der Waals surface area contributed by atoms with Gasteiger partial charge in [0.2, 0.25) is 0 Å². The van der Waals surface area contributed by atoms with Crippen LogP contribution in [0.5, 0.6) is 5.75 Å². The quantitative estimate of drug-likeness (QED) is 0.887. The first-order chi connectivity index (χ1) is 9.95. The fraction of sp³-hybridized carbons (Fsp3) is 0.500. The smallest absolute Gasteiger partial charge is 0.141 e. The Balaban J connectivity index is 2.08. The van der Waals surface area contributed by atoms with Crippen molar-refractivity contribution in [2.45, 2.75) is 52.8 Å². The molecule has 5 heteroatoms. The van der Waals surface area contributed by atoms with Gasteiger partial charge in [-0.3, -0.25) is 9.67 Å². The predicted octanol–water partition coefficient (Wildman–Crippen LogP) is 2.64. The maximum atomic E-state index is 5.88. The molecule has 0 fully saturated rings. The Bertz CT molecular complexity index is 590. The lowest BCUT2D eigenvalue weighted by molar-refractivity contribution is 0.293. The Morgan fingerprint density at radius 2 is 2.00 bits per heavy atom. The SMILES string of the molecule is Cc1ccc(OCc2ccn(C(C)C)n2)c(CC(C)N)n1. The summed E-state index contributed by atoms with van der Waals surface area (Å²) in [5.74, 6) is 0.789. The molecule has 2 aromatic rings. The number of nitrogens with two attached hydrogens (primary N) is 1. The van der Waals surface area contributed by atoms with Crippen molar-refractivity contribution in [3.8, 4) is 5.75 Å². The van der Waals surface area contributed by atoms with Crippen LogP contribution in [0.25, 0.3) is 0 Å². The fourth-order valence-electron chi connectivity index (χ4n) is 2.07. The Labute approximate surface area is 126 Å². The Hall–Kier alpha value is -1.88. The molecule has 0 aromatic carbocycles. The van der Waals surface area contributed by atoms with Crippen LogP contribution in [0.3, 0.4) is 0 Å². The van der Waals surface area contributed by atoms with Gasteiger partial charge < -0.3 is 10.5 Å². The topological polar surface area (TPSA) is 66.0 Å². The second kappa shape index (κ2) is 6.72. The largest absolute Gasteiger partial charge is 0.485 e. The molecule has 0 radical (unpaired) electrons. The van der Waals surface area contributed by atoms with Crippen LogP contribution in [0.2, 0.25) is 0 Å². The van der Waals surface area contributed by atoms with Crippen molar-refractivity contribution in [1.29, 1.82) is 0 Å². The van der Waals surface area contributed by atoms with Crippen LogP contribution in [0, 0.1) is 6.92 Å². The predicted molar refractivity (Wildman–Crippen MR) is 83.3 cm³/mol. The molecule has 5 nitrogen and oxygen atoms in total. The summed E-state index contributed by atoms with van der Waals surface area (Å²) in [6.45, 7) is 8.58. The standard InChI is InChI=1S/C16H24N4O/c1-11(2)20-8-7-14(19-20)10-21-16-6-5-13(4)18-15(16)9-12(3)17/h5-8,11-12H,9-10,17H2,1-4H3. The maximum absolute atomic E-state index is 5.88. The summed E-state index contributed by atoms with van der Waals surface area (Å²) in [6, 6.07) is 6.30. The summed E-state index contributed by atoms with van der Waals surface area (Å²) in [7, 11) is 0. The van der Waals surface area contributed by atoms with Crippen LogP contribution in [0.1, 0.15) is 43.9 Å². The van der Waals surface area contributed by atoms with Gasteiger partial charge in [0.15, 0.2) is 0 Å². The maximum Gasteiger partial charge on any atom is 0.141 e. The number of hydrogen-bond donors (Lipinski definition) is 1. The number of aryl methyl sites for hydroxylation is 1. The van der Waals surface area contributed by atoms with Crippen LogP contribution in [0.4, 0.5) is 0 Å². The summed E-state index contributed by atoms with van der Waals surface area (Å²) in [5.41, 5.74) is 8.67.